The summed E-state index contributed by atoms with van der Waals surface area (Å²) in [5.41, 5.74) is -0.361. The molecule has 6 heteroatoms. The van der Waals surface area contributed by atoms with Gasteiger partial charge in [0.1, 0.15) is 0 Å². The largest absolute Gasteiger partial charge is 0.416 e. The van der Waals surface area contributed by atoms with E-state index in [1.165, 1.54) is 12.1 Å². The van der Waals surface area contributed by atoms with E-state index < -0.39 is 21.8 Å². The van der Waals surface area contributed by atoms with Gasteiger partial charge in [-0.1, -0.05) is 34.1 Å². The van der Waals surface area contributed by atoms with Gasteiger partial charge in [0.2, 0.25) is 5.24 Å². The average molecular weight is 316 g/mol. The summed E-state index contributed by atoms with van der Waals surface area (Å²) in [4.78, 5) is 10.1. The lowest BCUT2D eigenvalue weighted by atomic mass is 10.1. The van der Waals surface area contributed by atoms with E-state index in [0.29, 0.717) is 5.56 Å². The lowest BCUT2D eigenvalue weighted by Gasteiger charge is -2.11. The molecule has 0 fully saturated rings. The summed E-state index contributed by atoms with van der Waals surface area (Å²) < 4.78 is 37.2. The van der Waals surface area contributed by atoms with Gasteiger partial charge in [0.05, 0.1) is 5.56 Å². The molecule has 0 saturated heterocycles. The van der Waals surface area contributed by atoms with Crippen molar-refractivity contribution in [1.29, 1.82) is 0 Å². The van der Waals surface area contributed by atoms with Gasteiger partial charge in [-0.05, 0) is 23.2 Å². The van der Waals surface area contributed by atoms with Crippen LogP contribution in [-0.2, 0) is 11.0 Å². The second-order valence-corrected chi connectivity index (χ2v) is 4.68. The number of alkyl halides is 4. The van der Waals surface area contributed by atoms with E-state index in [-0.39, 0.29) is 6.42 Å². The van der Waals surface area contributed by atoms with Crippen LogP contribution in [0, 0.1) is 0 Å². The Kier molecular flexibility index (Phi) is 4.38. The van der Waals surface area contributed by atoms with Crippen molar-refractivity contribution in [2.45, 2.75) is 17.4 Å². The van der Waals surface area contributed by atoms with Crippen molar-refractivity contribution in [1.82, 2.24) is 0 Å². The molecule has 0 bridgehead atoms. The van der Waals surface area contributed by atoms with Gasteiger partial charge in [-0.25, -0.2) is 0 Å². The number of benzene rings is 1. The Balaban J connectivity index is 2.94. The van der Waals surface area contributed by atoms with Crippen LogP contribution in [0.5, 0.6) is 0 Å². The molecule has 0 saturated carbocycles. The predicted molar refractivity (Wildman–Crippen MR) is 58.6 cm³/mol. The lowest BCUT2D eigenvalue weighted by molar-refractivity contribution is -0.137. The third kappa shape index (κ3) is 3.79. The molecule has 1 atom stereocenters. The van der Waals surface area contributed by atoms with E-state index in [0.717, 1.165) is 12.1 Å². The van der Waals surface area contributed by atoms with Crippen LogP contribution in [0.4, 0.5) is 13.2 Å². The fourth-order valence-electron chi connectivity index (χ4n) is 1.17. The highest BCUT2D eigenvalue weighted by Gasteiger charge is 2.30. The van der Waals surface area contributed by atoms with Crippen LogP contribution < -0.4 is 0 Å². The molecule has 0 aromatic heterocycles. The quantitative estimate of drug-likeness (QED) is 0.600. The summed E-state index contributed by atoms with van der Waals surface area (Å²) in [6.07, 6.45) is -4.43. The molecule has 88 valence electrons. The molecule has 0 aliphatic heterocycles. The van der Waals surface area contributed by atoms with E-state index in [4.69, 9.17) is 11.6 Å². The molecule has 0 aliphatic rings. The van der Waals surface area contributed by atoms with Crippen LogP contribution >= 0.6 is 27.5 Å². The van der Waals surface area contributed by atoms with Crippen molar-refractivity contribution in [3.05, 3.63) is 35.4 Å². The van der Waals surface area contributed by atoms with Gasteiger partial charge in [0, 0.05) is 11.2 Å². The SMILES string of the molecule is O=C(Cl)CC(Br)c1cccc(C(F)(F)F)c1. The van der Waals surface area contributed by atoms with Gasteiger partial charge < -0.3 is 0 Å². The van der Waals surface area contributed by atoms with Crippen molar-refractivity contribution in [3.8, 4) is 0 Å². The number of halogens is 5. The third-order valence-corrected chi connectivity index (χ3v) is 2.92. The first-order valence-electron chi connectivity index (χ1n) is 4.30. The molecule has 1 unspecified atom stereocenters. The highest BCUT2D eigenvalue weighted by Crippen LogP contribution is 2.33. The van der Waals surface area contributed by atoms with Gasteiger partial charge in [-0.15, -0.1) is 0 Å². The molecule has 1 nitrogen and oxygen atoms in total. The van der Waals surface area contributed by atoms with Crippen molar-refractivity contribution >= 4 is 32.8 Å². The first-order valence-corrected chi connectivity index (χ1v) is 5.59. The number of carbonyl (C=O) groups excluding carboxylic acids is 1. The standard InChI is InChI=1S/C10H7BrClF3O/c11-8(5-9(12)16)6-2-1-3-7(4-6)10(13,14)15/h1-4,8H,5H2. The normalized spacial score (nSPS) is 13.6. The Labute approximate surface area is 104 Å². The summed E-state index contributed by atoms with van der Waals surface area (Å²) in [7, 11) is 0. The Morgan fingerprint density at radius 2 is 2.06 bits per heavy atom. The molecule has 16 heavy (non-hydrogen) atoms. The molecule has 1 aromatic carbocycles. The summed E-state index contributed by atoms with van der Waals surface area (Å²) in [5, 5.41) is -0.598. The van der Waals surface area contributed by atoms with E-state index >= 15 is 0 Å². The van der Waals surface area contributed by atoms with Crippen LogP contribution in [0.2, 0.25) is 0 Å². The van der Waals surface area contributed by atoms with Gasteiger partial charge in [-0.3, -0.25) is 4.79 Å². The average Bonchev–Trinajstić information content (AvgIpc) is 2.15. The molecular formula is C10H7BrClF3O. The second-order valence-electron chi connectivity index (χ2n) is 3.15. The maximum atomic E-state index is 12.4. The van der Waals surface area contributed by atoms with Gasteiger partial charge in [0.25, 0.3) is 0 Å². The molecule has 0 spiro atoms. The number of carbonyl (C=O) groups is 1. The maximum absolute atomic E-state index is 12.4. The van der Waals surface area contributed by atoms with Gasteiger partial charge in [-0.2, -0.15) is 13.2 Å². The topological polar surface area (TPSA) is 17.1 Å². The summed E-state index contributed by atoms with van der Waals surface area (Å²) in [6.45, 7) is 0. The summed E-state index contributed by atoms with van der Waals surface area (Å²) in [6, 6.07) is 4.78. The number of hydrogen-bond donors (Lipinski definition) is 0. The van der Waals surface area contributed by atoms with Crippen molar-refractivity contribution in [2.24, 2.45) is 0 Å². The van der Waals surface area contributed by atoms with E-state index in [2.05, 4.69) is 15.9 Å². The van der Waals surface area contributed by atoms with Crippen LogP contribution in [0.15, 0.2) is 24.3 Å². The maximum Gasteiger partial charge on any atom is 0.416 e. The van der Waals surface area contributed by atoms with Gasteiger partial charge >= 0.3 is 6.18 Å². The fourth-order valence-corrected chi connectivity index (χ4v) is 2.09. The Hall–Kier alpha value is -0.550. The molecule has 0 amide bonds. The minimum atomic E-state index is -4.38. The summed E-state index contributed by atoms with van der Waals surface area (Å²) in [5.74, 6) is 0. The van der Waals surface area contributed by atoms with E-state index in [9.17, 15) is 18.0 Å². The third-order valence-electron chi connectivity index (χ3n) is 1.92. The molecule has 0 aliphatic carbocycles. The second kappa shape index (κ2) is 5.19. The van der Waals surface area contributed by atoms with Crippen molar-refractivity contribution < 1.29 is 18.0 Å². The molecule has 0 radical (unpaired) electrons. The smallest absolute Gasteiger partial charge is 0.281 e. The van der Waals surface area contributed by atoms with Gasteiger partial charge in [0.15, 0.2) is 0 Å². The Morgan fingerprint density at radius 3 is 2.56 bits per heavy atom. The Morgan fingerprint density at radius 1 is 1.44 bits per heavy atom. The molecule has 1 rings (SSSR count). The zero-order chi connectivity index (χ0) is 12.3. The van der Waals surface area contributed by atoms with Crippen LogP contribution in [0.3, 0.4) is 0 Å². The van der Waals surface area contributed by atoms with Crippen LogP contribution in [-0.4, -0.2) is 5.24 Å². The summed E-state index contributed by atoms with van der Waals surface area (Å²) >= 11 is 8.28. The van der Waals surface area contributed by atoms with Crippen molar-refractivity contribution in [3.63, 3.8) is 0 Å². The molecule has 0 N–H and O–H groups in total. The van der Waals surface area contributed by atoms with Crippen molar-refractivity contribution in [2.75, 3.05) is 0 Å². The monoisotopic (exact) mass is 314 g/mol. The number of hydrogen-bond acceptors (Lipinski definition) is 1. The molecule has 1 aromatic rings. The lowest BCUT2D eigenvalue weighted by Crippen LogP contribution is -2.06. The minimum Gasteiger partial charge on any atom is -0.281 e. The number of rotatable bonds is 3. The minimum absolute atomic E-state index is 0.0527. The van der Waals surface area contributed by atoms with Crippen LogP contribution in [0.1, 0.15) is 22.4 Å². The highest BCUT2D eigenvalue weighted by molar-refractivity contribution is 9.09. The first-order chi connectivity index (χ1) is 7.30. The van der Waals surface area contributed by atoms with Crippen LogP contribution in [0.25, 0.3) is 0 Å². The fraction of sp³-hybridized carbons (Fsp3) is 0.300. The highest BCUT2D eigenvalue weighted by atomic mass is 79.9. The van der Waals surface area contributed by atoms with E-state index in [1.807, 2.05) is 0 Å². The molecule has 0 heterocycles. The predicted octanol–water partition coefficient (Wildman–Crippen LogP) is 4.30. The van der Waals surface area contributed by atoms with E-state index in [1.54, 1.807) is 0 Å². The Bertz CT molecular complexity index is 392. The molecular weight excluding hydrogens is 308 g/mol. The zero-order valence-electron chi connectivity index (χ0n) is 7.89. The first kappa shape index (κ1) is 13.5. The zero-order valence-corrected chi connectivity index (χ0v) is 10.2.